The first-order valence-electron chi connectivity index (χ1n) is 6.32. The topological polar surface area (TPSA) is 130 Å². The van der Waals surface area contributed by atoms with Gasteiger partial charge in [-0.2, -0.15) is 0 Å². The molecule has 0 aromatic heterocycles. The van der Waals surface area contributed by atoms with Gasteiger partial charge in [0.2, 0.25) is 11.8 Å². The van der Waals surface area contributed by atoms with Gasteiger partial charge in [-0.1, -0.05) is 5.92 Å². The molecule has 0 saturated carbocycles. The van der Waals surface area contributed by atoms with Crippen molar-refractivity contribution in [3.8, 4) is 11.8 Å². The fourth-order valence-corrected chi connectivity index (χ4v) is 3.97. The molecule has 2 aliphatic heterocycles. The summed E-state index contributed by atoms with van der Waals surface area (Å²) in [7, 11) is -4.45. The Morgan fingerprint density at radius 2 is 1.48 bits per heavy atom. The van der Waals surface area contributed by atoms with E-state index < -0.39 is 10.2 Å². The molecule has 0 bridgehead atoms. The minimum Gasteiger partial charge on any atom is -0.274 e. The Kier molecular flexibility index (Phi) is 7.45. The van der Waals surface area contributed by atoms with Crippen molar-refractivity contribution in [1.29, 1.82) is 0 Å². The van der Waals surface area contributed by atoms with E-state index in [1.165, 1.54) is 29.2 Å². The maximum Gasteiger partial charge on any atom is 0.230 e. The summed E-state index contributed by atoms with van der Waals surface area (Å²) in [6.07, 6.45) is 3.41. The molecule has 0 spiro atoms. The van der Waals surface area contributed by atoms with Gasteiger partial charge in [-0.05, 0) is 29.7 Å². The average Bonchev–Trinajstić information content (AvgIpc) is 2.96. The van der Waals surface area contributed by atoms with Gasteiger partial charge < -0.3 is 0 Å². The van der Waals surface area contributed by atoms with Crippen LogP contribution in [0.15, 0.2) is 0 Å². The second-order valence-electron chi connectivity index (χ2n) is 4.48. The number of hydrogen-bond donors (Lipinski definition) is 0. The third kappa shape index (κ3) is 8.26. The van der Waals surface area contributed by atoms with Crippen LogP contribution in [0.5, 0.6) is 0 Å². The Morgan fingerprint density at radius 1 is 1.00 bits per heavy atom. The molecule has 0 aromatic carbocycles. The van der Waals surface area contributed by atoms with Gasteiger partial charge in [-0.15, -0.1) is 10.2 Å². The van der Waals surface area contributed by atoms with Crippen LogP contribution in [0.4, 0.5) is 0 Å². The first kappa shape index (κ1) is 18.2. The summed E-state index contributed by atoms with van der Waals surface area (Å²) < 4.78 is 34.0. The molecule has 0 unspecified atom stereocenters. The summed E-state index contributed by atoms with van der Waals surface area (Å²) in [6.45, 7) is 0.300. The number of amides is 2. The van der Waals surface area contributed by atoms with E-state index >= 15 is 0 Å². The number of nitrogens with zero attached hydrogens (tertiary/aromatic N) is 1. The lowest BCUT2D eigenvalue weighted by molar-refractivity contribution is -2.00. The number of rotatable bonds is 2. The standard InChI is InChI=1S/C12H16NO2S.ClHO4/c14-11-5-6-12(15)13(11)7-1-2-8-16-9-3-4-10-16;2-1(3,4)5/h3-10H2;(H,2,3,4,5)/q+1;/p-1. The van der Waals surface area contributed by atoms with Crippen LogP contribution < -0.4 is 18.6 Å². The number of likely N-dealkylation sites (tertiary alicyclic amines) is 1. The summed E-state index contributed by atoms with van der Waals surface area (Å²) in [5, 5.41) is 0. The number of halogens is 1. The van der Waals surface area contributed by atoms with Crippen LogP contribution in [-0.2, 0) is 20.5 Å². The molecule has 21 heavy (non-hydrogen) atoms. The van der Waals surface area contributed by atoms with E-state index in [1.54, 1.807) is 0 Å². The van der Waals surface area contributed by atoms with Crippen molar-refractivity contribution in [2.75, 3.05) is 23.8 Å². The molecule has 7 nitrogen and oxygen atoms in total. The maximum absolute atomic E-state index is 11.3. The minimum atomic E-state index is -4.94. The molecular formula is C12H16ClNO6S. The van der Waals surface area contributed by atoms with Gasteiger partial charge in [0.25, 0.3) is 0 Å². The van der Waals surface area contributed by atoms with Crippen LogP contribution in [0.1, 0.15) is 25.7 Å². The minimum absolute atomic E-state index is 0.0670. The first-order valence-corrected chi connectivity index (χ1v) is 9.29. The van der Waals surface area contributed by atoms with Gasteiger partial charge in [0.15, 0.2) is 5.75 Å². The lowest BCUT2D eigenvalue weighted by atomic mass is 10.4. The highest BCUT2D eigenvalue weighted by molar-refractivity contribution is 7.97. The molecule has 0 aromatic rings. The van der Waals surface area contributed by atoms with Crippen molar-refractivity contribution in [3.63, 3.8) is 0 Å². The second-order valence-corrected chi connectivity index (χ2v) is 7.56. The Labute approximate surface area is 128 Å². The van der Waals surface area contributed by atoms with E-state index in [1.807, 2.05) is 0 Å². The Balaban J connectivity index is 0.000000383. The molecule has 0 radical (unpaired) electrons. The molecule has 0 atom stereocenters. The predicted molar refractivity (Wildman–Crippen MR) is 64.9 cm³/mol. The van der Waals surface area contributed by atoms with E-state index in [2.05, 4.69) is 11.8 Å². The maximum atomic E-state index is 11.3. The molecule has 2 heterocycles. The van der Waals surface area contributed by atoms with E-state index in [0.717, 1.165) is 5.75 Å². The van der Waals surface area contributed by atoms with Crippen molar-refractivity contribution in [1.82, 2.24) is 4.90 Å². The number of imide groups is 1. The molecule has 2 aliphatic rings. The SMILES string of the molecule is O=C1CCC(=O)N1CC#CC[S+]1CCCC1.[O-][Cl+3]([O-])([O-])[O-]. The monoisotopic (exact) mass is 337 g/mol. The first-order chi connectivity index (χ1) is 9.77. The zero-order valence-corrected chi connectivity index (χ0v) is 12.9. The van der Waals surface area contributed by atoms with Crippen molar-refractivity contribution in [2.24, 2.45) is 0 Å². The third-order valence-corrected chi connectivity index (χ3v) is 5.19. The van der Waals surface area contributed by atoms with Gasteiger partial charge >= 0.3 is 0 Å². The molecule has 2 rings (SSSR count). The van der Waals surface area contributed by atoms with Crippen LogP contribution in [0, 0.1) is 22.1 Å². The normalized spacial score (nSPS) is 19.1. The van der Waals surface area contributed by atoms with Crippen molar-refractivity contribution >= 4 is 22.7 Å². The molecular weight excluding hydrogens is 322 g/mol. The third-order valence-electron chi connectivity index (χ3n) is 2.91. The van der Waals surface area contributed by atoms with Crippen LogP contribution in [-0.4, -0.2) is 40.5 Å². The van der Waals surface area contributed by atoms with Gasteiger partial charge in [0, 0.05) is 12.8 Å². The van der Waals surface area contributed by atoms with Crippen molar-refractivity contribution in [2.45, 2.75) is 25.7 Å². The number of carbonyl (C=O) groups is 2. The zero-order chi connectivity index (χ0) is 15.9. The molecule has 9 heteroatoms. The Hall–Kier alpha value is -0.820. The summed E-state index contributed by atoms with van der Waals surface area (Å²) >= 11 is 0. The smallest absolute Gasteiger partial charge is 0.230 e. The Morgan fingerprint density at radius 3 is 1.95 bits per heavy atom. The largest absolute Gasteiger partial charge is 0.274 e. The van der Waals surface area contributed by atoms with E-state index in [0.29, 0.717) is 30.3 Å². The lowest BCUT2D eigenvalue weighted by Crippen LogP contribution is -2.68. The second kappa shape index (κ2) is 8.58. The molecule has 2 saturated heterocycles. The highest BCUT2D eigenvalue weighted by Gasteiger charge is 2.27. The number of hydrogen-bond acceptors (Lipinski definition) is 6. The zero-order valence-electron chi connectivity index (χ0n) is 11.3. The lowest BCUT2D eigenvalue weighted by Gasteiger charge is -2.17. The fraction of sp³-hybridized carbons (Fsp3) is 0.667. The van der Waals surface area contributed by atoms with Crippen molar-refractivity contribution < 1.29 is 38.5 Å². The summed E-state index contributed by atoms with van der Waals surface area (Å²) in [5.41, 5.74) is 0. The Bertz CT molecular complexity index is 413. The van der Waals surface area contributed by atoms with Gasteiger partial charge in [0.1, 0.15) is 11.5 Å². The fourth-order valence-electron chi connectivity index (χ4n) is 1.95. The summed E-state index contributed by atoms with van der Waals surface area (Å²) in [4.78, 5) is 23.8. The number of carbonyl (C=O) groups excluding carboxylic acids is 2. The highest BCUT2D eigenvalue weighted by atomic mass is 35.7. The van der Waals surface area contributed by atoms with E-state index in [9.17, 15) is 9.59 Å². The quantitative estimate of drug-likeness (QED) is 0.285. The molecule has 2 amide bonds. The van der Waals surface area contributed by atoms with Crippen LogP contribution in [0.2, 0.25) is 0 Å². The summed E-state index contributed by atoms with van der Waals surface area (Å²) in [5.74, 6) is 9.52. The molecule has 0 N–H and O–H groups in total. The van der Waals surface area contributed by atoms with E-state index in [-0.39, 0.29) is 11.8 Å². The summed E-state index contributed by atoms with van der Waals surface area (Å²) in [6, 6.07) is 0. The predicted octanol–water partition coefficient (Wildman–Crippen LogP) is -4.21. The molecule has 118 valence electrons. The molecule has 0 aliphatic carbocycles. The van der Waals surface area contributed by atoms with Crippen molar-refractivity contribution in [3.05, 3.63) is 0 Å². The van der Waals surface area contributed by atoms with Crippen LogP contribution in [0.3, 0.4) is 0 Å². The van der Waals surface area contributed by atoms with Gasteiger partial charge in [-0.25, -0.2) is 18.6 Å². The van der Waals surface area contributed by atoms with E-state index in [4.69, 9.17) is 18.6 Å². The average molecular weight is 338 g/mol. The molecule has 2 fully saturated rings. The van der Waals surface area contributed by atoms with Gasteiger partial charge in [-0.3, -0.25) is 14.5 Å². The van der Waals surface area contributed by atoms with Gasteiger partial charge in [0.05, 0.1) is 6.54 Å². The van der Waals surface area contributed by atoms with Crippen LogP contribution in [0.25, 0.3) is 0 Å². The highest BCUT2D eigenvalue weighted by Crippen LogP contribution is 2.13. The van der Waals surface area contributed by atoms with Crippen LogP contribution >= 0.6 is 0 Å².